The van der Waals surface area contributed by atoms with E-state index in [-0.39, 0.29) is 24.3 Å². The number of benzene rings is 2. The average Bonchev–Trinajstić information content (AvgIpc) is 3.45. The van der Waals surface area contributed by atoms with Gasteiger partial charge in [0, 0.05) is 93.0 Å². The van der Waals surface area contributed by atoms with Crippen LogP contribution < -0.4 is 25.4 Å². The second kappa shape index (κ2) is 44.7. The number of hydrogen-bond acceptors (Lipinski definition) is 13. The van der Waals surface area contributed by atoms with E-state index in [4.69, 9.17) is 36.0 Å². The Bertz CT molecular complexity index is 1700. The summed E-state index contributed by atoms with van der Waals surface area (Å²) in [5, 5.41) is 31.1. The van der Waals surface area contributed by atoms with Crippen LogP contribution in [-0.2, 0) is 39.4 Å². The molecule has 440 valence electrons. The van der Waals surface area contributed by atoms with Gasteiger partial charge in [0.15, 0.2) is 0 Å². The molecule has 6 unspecified atom stereocenters. The van der Waals surface area contributed by atoms with Gasteiger partial charge in [0.05, 0.1) is 0 Å². The van der Waals surface area contributed by atoms with Crippen molar-refractivity contribution in [1.29, 1.82) is 0 Å². The van der Waals surface area contributed by atoms with Crippen molar-refractivity contribution < 1.29 is 46.2 Å². The highest BCUT2D eigenvalue weighted by molar-refractivity contribution is 6.62. The van der Waals surface area contributed by atoms with Gasteiger partial charge in [-0.05, 0) is 124 Å². The molecule has 0 radical (unpaired) electrons. The first-order chi connectivity index (χ1) is 37.5. The average molecular weight is 1110 g/mol. The molecule has 0 aliphatic heterocycles. The highest BCUT2D eigenvalue weighted by Crippen LogP contribution is 2.36. The maximum Gasteiger partial charge on any atom is 0.503 e. The first-order valence-electron chi connectivity index (χ1n) is 29.4. The molecular formula is C62H109N3O10Si2. The van der Waals surface area contributed by atoms with Crippen LogP contribution in [0.3, 0.4) is 0 Å². The van der Waals surface area contributed by atoms with Gasteiger partial charge in [-0.3, -0.25) is 0 Å². The number of aryl methyl sites for hydroxylation is 2. The summed E-state index contributed by atoms with van der Waals surface area (Å²) in [5.74, 6) is 2.19. The van der Waals surface area contributed by atoms with E-state index in [2.05, 4.69) is 117 Å². The van der Waals surface area contributed by atoms with Crippen LogP contribution in [0.25, 0.3) is 0 Å². The zero-order chi connectivity index (χ0) is 56.3. The minimum Gasteiger partial charge on any atom is -0.491 e. The van der Waals surface area contributed by atoms with Crippen LogP contribution in [0.1, 0.15) is 142 Å². The van der Waals surface area contributed by atoms with E-state index in [9.17, 15) is 10.2 Å². The van der Waals surface area contributed by atoms with Gasteiger partial charge < -0.3 is 62.2 Å². The SMILES string of the molecule is CCC/C=C/CC(/C=C/CCCCCCc1cccc(OCC(O)CNCCNCCNCC(O)COc2cccc(CCCCCC/C=C/C(C/C=C/CCC)C(C)[Si](OC)(OC)OC)c2)c1)C(C)[Si](OC)(OC)OC. The molecule has 2 aromatic rings. The van der Waals surface area contributed by atoms with Crippen molar-refractivity contribution >= 4 is 17.6 Å². The van der Waals surface area contributed by atoms with Crippen LogP contribution in [0.4, 0.5) is 0 Å². The van der Waals surface area contributed by atoms with E-state index in [1.165, 1.54) is 36.8 Å². The molecule has 0 bridgehead atoms. The predicted octanol–water partition coefficient (Wildman–Crippen LogP) is 12.0. The van der Waals surface area contributed by atoms with Crippen LogP contribution in [0.2, 0.25) is 11.1 Å². The third kappa shape index (κ3) is 29.9. The maximum atomic E-state index is 10.6. The van der Waals surface area contributed by atoms with Crippen molar-refractivity contribution in [1.82, 2.24) is 16.0 Å². The number of unbranched alkanes of at least 4 members (excludes halogenated alkanes) is 10. The Morgan fingerprint density at radius 3 is 1.22 bits per heavy atom. The third-order valence-electron chi connectivity index (χ3n) is 14.5. The minimum absolute atomic E-state index is 0.157. The summed E-state index contributed by atoms with van der Waals surface area (Å²) in [4.78, 5) is 0. The summed E-state index contributed by atoms with van der Waals surface area (Å²) in [5.41, 5.74) is 2.84. The monoisotopic (exact) mass is 1110 g/mol. The van der Waals surface area contributed by atoms with E-state index < -0.39 is 29.8 Å². The molecule has 0 aliphatic carbocycles. The molecule has 5 N–H and O–H groups in total. The first kappa shape index (κ1) is 70.1. The minimum atomic E-state index is -2.75. The maximum absolute atomic E-state index is 10.6. The van der Waals surface area contributed by atoms with E-state index in [1.807, 2.05) is 24.3 Å². The van der Waals surface area contributed by atoms with E-state index >= 15 is 0 Å². The topological polar surface area (TPSA) is 150 Å². The largest absolute Gasteiger partial charge is 0.503 e. The Morgan fingerprint density at radius 1 is 0.468 bits per heavy atom. The zero-order valence-electron chi connectivity index (χ0n) is 49.7. The third-order valence-corrected chi connectivity index (χ3v) is 21.0. The first-order valence-corrected chi connectivity index (χ1v) is 33.0. The molecule has 0 spiro atoms. The molecule has 13 nitrogen and oxygen atoms in total. The molecule has 15 heteroatoms. The molecule has 77 heavy (non-hydrogen) atoms. The standard InChI is InChI=1S/C62H109N3O10Si2/c1-11-13-15-27-37-57(53(3)76(68-5,69-6)70-7)39-29-23-19-17-21-25-33-55-35-31-41-61(47-55)74-51-59(66)49-64-45-43-63-44-46-65-50-60(67)52-75-62-42-32-36-56(48-62)34-26-22-18-20-24-30-40-58(38-28-16-14-12-2)54(4)77(71-8,72-9)73-10/h15-16,27-32,35-36,39-42,47-48,53-54,57-60,63-67H,11-14,17-26,33-34,37-38,43-46,49-52H2,1-10H3/b27-15+,28-16+,39-29+,40-30+. The number of aliphatic hydroxyl groups is 2. The summed E-state index contributed by atoms with van der Waals surface area (Å²) in [6, 6.07) is 16.5. The molecule has 2 rings (SSSR count). The number of rotatable bonds is 50. The van der Waals surface area contributed by atoms with Crippen LogP contribution in [-0.4, -0.2) is 135 Å². The van der Waals surface area contributed by atoms with Gasteiger partial charge >= 0.3 is 17.6 Å². The molecule has 2 aromatic carbocycles. The van der Waals surface area contributed by atoms with Crippen molar-refractivity contribution in [3.05, 3.63) is 108 Å². The number of ether oxygens (including phenoxy) is 2. The van der Waals surface area contributed by atoms with Gasteiger partial charge in [-0.1, -0.05) is 139 Å². The van der Waals surface area contributed by atoms with Gasteiger partial charge in [-0.25, -0.2) is 0 Å². The number of hydrogen-bond donors (Lipinski definition) is 5. The zero-order valence-corrected chi connectivity index (χ0v) is 51.7. The fourth-order valence-electron chi connectivity index (χ4n) is 9.65. The summed E-state index contributed by atoms with van der Waals surface area (Å²) in [7, 11) is 4.69. The van der Waals surface area contributed by atoms with Crippen molar-refractivity contribution in [3.63, 3.8) is 0 Å². The molecule has 6 atom stereocenters. The second-order valence-electron chi connectivity index (χ2n) is 20.5. The summed E-state index contributed by atoms with van der Waals surface area (Å²) >= 11 is 0. The quantitative estimate of drug-likeness (QED) is 0.0243. The molecule has 0 saturated heterocycles. The molecule has 0 saturated carbocycles. The Kier molecular flexibility index (Phi) is 40.7. The van der Waals surface area contributed by atoms with Gasteiger partial charge in [0.25, 0.3) is 0 Å². The lowest BCUT2D eigenvalue weighted by Crippen LogP contribution is -2.48. The van der Waals surface area contributed by atoms with Crippen LogP contribution in [0.15, 0.2) is 97.1 Å². The molecule has 0 heterocycles. The Hall–Kier alpha value is -3.01. The number of nitrogens with one attached hydrogen (secondary N) is 3. The van der Waals surface area contributed by atoms with Crippen molar-refractivity contribution in [3.8, 4) is 11.5 Å². The van der Waals surface area contributed by atoms with Gasteiger partial charge in [0.2, 0.25) is 0 Å². The Morgan fingerprint density at radius 2 is 0.844 bits per heavy atom. The van der Waals surface area contributed by atoms with Crippen molar-refractivity contribution in [2.75, 3.05) is 95.1 Å². The summed E-state index contributed by atoms with van der Waals surface area (Å²) in [6.07, 6.45) is 37.2. The Labute approximate surface area is 471 Å². The van der Waals surface area contributed by atoms with Gasteiger partial charge in [-0.15, -0.1) is 0 Å². The van der Waals surface area contributed by atoms with Gasteiger partial charge in [0.1, 0.15) is 36.9 Å². The summed E-state index contributed by atoms with van der Waals surface area (Å²) < 4.78 is 46.9. The fourth-order valence-corrected chi connectivity index (χ4v) is 14.4. The molecule has 0 amide bonds. The second-order valence-corrected chi connectivity index (χ2v) is 27.2. The van der Waals surface area contributed by atoms with E-state index in [1.54, 1.807) is 42.7 Å². The number of aliphatic hydroxyl groups excluding tert-OH is 2. The molecule has 0 fully saturated rings. The van der Waals surface area contributed by atoms with Crippen LogP contribution >= 0.6 is 0 Å². The lowest BCUT2D eigenvalue weighted by atomic mass is 9.99. The Balaban J connectivity index is 1.54. The highest BCUT2D eigenvalue weighted by atomic mass is 28.4. The normalized spacial score (nSPS) is 15.0. The summed E-state index contributed by atoms with van der Waals surface area (Å²) in [6.45, 7) is 13.2. The smallest absolute Gasteiger partial charge is 0.491 e. The van der Waals surface area contributed by atoms with Gasteiger partial charge in [-0.2, -0.15) is 0 Å². The molecule has 0 aromatic heterocycles. The van der Waals surface area contributed by atoms with Crippen molar-refractivity contribution in [2.24, 2.45) is 11.8 Å². The molecular weight excluding hydrogens is 1000 g/mol. The fraction of sp³-hybridized carbons (Fsp3) is 0.677. The van der Waals surface area contributed by atoms with E-state index in [0.717, 1.165) is 128 Å². The van der Waals surface area contributed by atoms with E-state index in [0.29, 0.717) is 24.9 Å². The van der Waals surface area contributed by atoms with Crippen molar-refractivity contribution in [2.45, 2.75) is 167 Å². The predicted molar refractivity (Wildman–Crippen MR) is 323 cm³/mol. The highest BCUT2D eigenvalue weighted by Gasteiger charge is 2.48. The lowest BCUT2D eigenvalue weighted by molar-refractivity contribution is 0.106. The van der Waals surface area contributed by atoms with Crippen LogP contribution in [0, 0.1) is 11.8 Å². The number of allylic oxidation sites excluding steroid dienone is 8. The lowest BCUT2D eigenvalue weighted by Gasteiger charge is -2.33. The van der Waals surface area contributed by atoms with Crippen LogP contribution in [0.5, 0.6) is 11.5 Å². The molecule has 0 aliphatic rings.